The monoisotopic (exact) mass is 422 g/mol. The zero-order valence-electron chi connectivity index (χ0n) is 15.7. The summed E-state index contributed by atoms with van der Waals surface area (Å²) in [5.74, 6) is 0.202. The number of halogens is 1. The Morgan fingerprint density at radius 3 is 2.50 bits per heavy atom. The van der Waals surface area contributed by atoms with Crippen LogP contribution in [0.3, 0.4) is 0 Å². The number of benzene rings is 2. The molecule has 1 saturated carbocycles. The van der Waals surface area contributed by atoms with E-state index in [4.69, 9.17) is 16.3 Å². The van der Waals surface area contributed by atoms with Crippen LogP contribution in [0.1, 0.15) is 36.9 Å². The molecule has 0 heterocycles. The molecule has 0 aromatic heterocycles. The highest BCUT2D eigenvalue weighted by Gasteiger charge is 2.28. The molecule has 1 unspecified atom stereocenters. The summed E-state index contributed by atoms with van der Waals surface area (Å²) in [5, 5.41) is 3.49. The molecular weight excluding hydrogens is 400 g/mol. The summed E-state index contributed by atoms with van der Waals surface area (Å²) < 4.78 is 32.7. The first-order valence-corrected chi connectivity index (χ1v) is 10.9. The number of sulfonamides is 1. The second-order valence-electron chi connectivity index (χ2n) is 6.95. The zero-order valence-corrected chi connectivity index (χ0v) is 17.3. The van der Waals surface area contributed by atoms with Gasteiger partial charge in [-0.2, -0.15) is 0 Å². The minimum atomic E-state index is -3.51. The molecule has 2 aromatic rings. The van der Waals surface area contributed by atoms with E-state index in [0.717, 1.165) is 18.4 Å². The molecule has 1 amide bonds. The van der Waals surface area contributed by atoms with E-state index >= 15 is 0 Å². The van der Waals surface area contributed by atoms with E-state index in [1.165, 1.54) is 6.07 Å². The second-order valence-corrected chi connectivity index (χ2v) is 9.10. The molecule has 2 aromatic carbocycles. The Hall–Kier alpha value is -2.09. The molecule has 1 aliphatic carbocycles. The standard InChI is InChI=1S/C20H23ClN2O4S/c1-13-11-18(28(25,26)23-17-7-8-17)9-10-19(13)27-12-20(24)22-14(2)15-3-5-16(21)6-4-15/h3-6,9-11,14,17,23H,7-8,12H2,1-2H3,(H,22,24). The van der Waals surface area contributed by atoms with Gasteiger partial charge in [0.2, 0.25) is 10.0 Å². The van der Waals surface area contributed by atoms with Gasteiger partial charge in [-0.15, -0.1) is 0 Å². The van der Waals surface area contributed by atoms with Crippen LogP contribution in [0.15, 0.2) is 47.4 Å². The van der Waals surface area contributed by atoms with Crippen LogP contribution in [0.25, 0.3) is 0 Å². The largest absolute Gasteiger partial charge is 0.484 e. The highest BCUT2D eigenvalue weighted by molar-refractivity contribution is 7.89. The van der Waals surface area contributed by atoms with E-state index in [1.54, 1.807) is 31.2 Å². The minimum absolute atomic E-state index is 0.0487. The van der Waals surface area contributed by atoms with Crippen molar-refractivity contribution in [2.45, 2.75) is 43.7 Å². The van der Waals surface area contributed by atoms with Crippen LogP contribution >= 0.6 is 11.6 Å². The molecule has 1 fully saturated rings. The van der Waals surface area contributed by atoms with Crippen molar-refractivity contribution in [3.8, 4) is 5.75 Å². The molecule has 0 saturated heterocycles. The van der Waals surface area contributed by atoms with Crippen LogP contribution in [0.4, 0.5) is 0 Å². The molecule has 28 heavy (non-hydrogen) atoms. The van der Waals surface area contributed by atoms with Gasteiger partial charge in [-0.1, -0.05) is 23.7 Å². The van der Waals surface area contributed by atoms with Crippen molar-refractivity contribution < 1.29 is 17.9 Å². The van der Waals surface area contributed by atoms with Crippen molar-refractivity contribution in [3.05, 3.63) is 58.6 Å². The van der Waals surface area contributed by atoms with Crippen molar-refractivity contribution in [1.82, 2.24) is 10.0 Å². The van der Waals surface area contributed by atoms with Gasteiger partial charge in [-0.25, -0.2) is 13.1 Å². The van der Waals surface area contributed by atoms with Gasteiger partial charge in [0.1, 0.15) is 5.75 Å². The van der Waals surface area contributed by atoms with Gasteiger partial charge in [-0.3, -0.25) is 4.79 Å². The van der Waals surface area contributed by atoms with Gasteiger partial charge in [0, 0.05) is 11.1 Å². The molecule has 2 N–H and O–H groups in total. The van der Waals surface area contributed by atoms with Crippen molar-refractivity contribution in [3.63, 3.8) is 0 Å². The molecule has 150 valence electrons. The topological polar surface area (TPSA) is 84.5 Å². The summed E-state index contributed by atoms with van der Waals surface area (Å²) in [6.45, 7) is 3.46. The maximum atomic E-state index is 12.3. The molecular formula is C20H23ClN2O4S. The first kappa shape index (κ1) is 20.6. The number of ether oxygens (including phenoxy) is 1. The Kier molecular flexibility index (Phi) is 6.27. The maximum Gasteiger partial charge on any atom is 0.258 e. The lowest BCUT2D eigenvalue weighted by molar-refractivity contribution is -0.123. The first-order valence-electron chi connectivity index (χ1n) is 9.05. The lowest BCUT2D eigenvalue weighted by Crippen LogP contribution is -2.31. The fourth-order valence-electron chi connectivity index (χ4n) is 2.70. The first-order chi connectivity index (χ1) is 13.2. The normalized spacial score (nSPS) is 15.1. The summed E-state index contributed by atoms with van der Waals surface area (Å²) >= 11 is 5.87. The fourth-order valence-corrected chi connectivity index (χ4v) is 4.22. The maximum absolute atomic E-state index is 12.3. The highest BCUT2D eigenvalue weighted by Crippen LogP contribution is 2.25. The van der Waals surface area contributed by atoms with Crippen molar-refractivity contribution in [2.24, 2.45) is 0 Å². The van der Waals surface area contributed by atoms with Gasteiger partial charge >= 0.3 is 0 Å². The lowest BCUT2D eigenvalue weighted by atomic mass is 10.1. The Balaban J connectivity index is 1.56. The van der Waals surface area contributed by atoms with Gasteiger partial charge in [0.05, 0.1) is 10.9 Å². The quantitative estimate of drug-likeness (QED) is 0.683. The molecule has 0 radical (unpaired) electrons. The minimum Gasteiger partial charge on any atom is -0.484 e. The molecule has 6 nitrogen and oxygen atoms in total. The molecule has 3 rings (SSSR count). The van der Waals surface area contributed by atoms with Crippen LogP contribution in [0.2, 0.25) is 5.02 Å². The number of carbonyl (C=O) groups excluding carboxylic acids is 1. The van der Waals surface area contributed by atoms with E-state index < -0.39 is 10.0 Å². The van der Waals surface area contributed by atoms with Crippen molar-refractivity contribution >= 4 is 27.5 Å². The van der Waals surface area contributed by atoms with Crippen LogP contribution in [-0.4, -0.2) is 27.0 Å². The van der Waals surface area contributed by atoms with E-state index in [2.05, 4.69) is 10.0 Å². The van der Waals surface area contributed by atoms with Crippen LogP contribution in [0.5, 0.6) is 5.75 Å². The van der Waals surface area contributed by atoms with E-state index in [9.17, 15) is 13.2 Å². The summed E-state index contributed by atoms with van der Waals surface area (Å²) in [6.07, 6.45) is 1.76. The number of rotatable bonds is 8. The summed E-state index contributed by atoms with van der Waals surface area (Å²) in [4.78, 5) is 12.4. The predicted octanol–water partition coefficient (Wildman–Crippen LogP) is 3.35. The molecule has 8 heteroatoms. The SMILES string of the molecule is Cc1cc(S(=O)(=O)NC2CC2)ccc1OCC(=O)NC(C)c1ccc(Cl)cc1. The Morgan fingerprint density at radius 2 is 1.89 bits per heavy atom. The van der Waals surface area contributed by atoms with Crippen LogP contribution in [-0.2, 0) is 14.8 Å². The Bertz CT molecular complexity index is 957. The predicted molar refractivity (Wildman–Crippen MR) is 108 cm³/mol. The van der Waals surface area contributed by atoms with Crippen LogP contribution in [0, 0.1) is 6.92 Å². The Labute approximate surface area is 170 Å². The molecule has 1 aliphatic rings. The third-order valence-electron chi connectivity index (χ3n) is 4.46. The zero-order chi connectivity index (χ0) is 20.3. The summed E-state index contributed by atoms with van der Waals surface area (Å²) in [6, 6.07) is 11.7. The molecule has 0 aliphatic heterocycles. The molecule has 0 bridgehead atoms. The second kappa shape index (κ2) is 8.51. The number of hydrogen-bond acceptors (Lipinski definition) is 4. The van der Waals surface area contributed by atoms with E-state index in [0.29, 0.717) is 16.3 Å². The number of aryl methyl sites for hydroxylation is 1. The average Bonchev–Trinajstić information content (AvgIpc) is 3.44. The van der Waals surface area contributed by atoms with Gasteiger partial charge in [0.25, 0.3) is 5.91 Å². The number of carbonyl (C=O) groups is 1. The summed E-state index contributed by atoms with van der Waals surface area (Å²) in [5.41, 5.74) is 1.59. The number of nitrogens with one attached hydrogen (secondary N) is 2. The van der Waals surface area contributed by atoms with Gasteiger partial charge < -0.3 is 10.1 Å². The van der Waals surface area contributed by atoms with Crippen LogP contribution < -0.4 is 14.8 Å². The molecule has 1 atom stereocenters. The van der Waals surface area contributed by atoms with Gasteiger partial charge in [0.15, 0.2) is 6.61 Å². The number of hydrogen-bond donors (Lipinski definition) is 2. The lowest BCUT2D eigenvalue weighted by Gasteiger charge is -2.16. The fraction of sp³-hybridized carbons (Fsp3) is 0.350. The third-order valence-corrected chi connectivity index (χ3v) is 6.23. The third kappa shape index (κ3) is 5.47. The highest BCUT2D eigenvalue weighted by atomic mass is 35.5. The number of amides is 1. The van der Waals surface area contributed by atoms with Gasteiger partial charge in [-0.05, 0) is 68.1 Å². The Morgan fingerprint density at radius 1 is 1.21 bits per heavy atom. The molecule has 0 spiro atoms. The van der Waals surface area contributed by atoms with E-state index in [-0.39, 0.29) is 29.5 Å². The smallest absolute Gasteiger partial charge is 0.258 e. The summed E-state index contributed by atoms with van der Waals surface area (Å²) in [7, 11) is -3.51. The van der Waals surface area contributed by atoms with Crippen molar-refractivity contribution in [2.75, 3.05) is 6.61 Å². The average molecular weight is 423 g/mol. The van der Waals surface area contributed by atoms with Crippen molar-refractivity contribution in [1.29, 1.82) is 0 Å². The van der Waals surface area contributed by atoms with E-state index in [1.807, 2.05) is 19.1 Å².